The first-order valence-electron chi connectivity index (χ1n) is 7.57. The molecule has 0 radical (unpaired) electrons. The van der Waals surface area contributed by atoms with Crippen LogP contribution in [0.25, 0.3) is 0 Å². The van der Waals surface area contributed by atoms with Crippen LogP contribution in [0.15, 0.2) is 0 Å². The Morgan fingerprint density at radius 2 is 1.94 bits per heavy atom. The molecular weight excluding hydrogens is 228 g/mol. The normalized spacial score (nSPS) is 34.1. The van der Waals surface area contributed by atoms with Gasteiger partial charge in [0.2, 0.25) is 0 Å². The zero-order valence-electron chi connectivity index (χ0n) is 11.5. The van der Waals surface area contributed by atoms with E-state index in [2.05, 4.69) is 6.92 Å². The SMILES string of the molecule is CCCCCCCO[C@@H]1[C@@H](CC=O)[C@H]2CC[C@@H]1O2. The molecule has 0 aromatic rings. The summed E-state index contributed by atoms with van der Waals surface area (Å²) in [5.74, 6) is 0.317. The van der Waals surface area contributed by atoms with Gasteiger partial charge in [0.15, 0.2) is 0 Å². The number of fused-ring (bicyclic) bond motifs is 2. The Labute approximate surface area is 110 Å². The number of carbonyl (C=O) groups excluding carboxylic acids is 1. The lowest BCUT2D eigenvalue weighted by Crippen LogP contribution is -2.35. The van der Waals surface area contributed by atoms with Crippen LogP contribution >= 0.6 is 0 Å². The molecule has 2 saturated heterocycles. The summed E-state index contributed by atoms with van der Waals surface area (Å²) < 4.78 is 11.9. The smallest absolute Gasteiger partial charge is 0.120 e. The van der Waals surface area contributed by atoms with Crippen LogP contribution < -0.4 is 0 Å². The highest BCUT2D eigenvalue weighted by Crippen LogP contribution is 2.42. The van der Waals surface area contributed by atoms with E-state index < -0.39 is 0 Å². The van der Waals surface area contributed by atoms with Gasteiger partial charge in [-0.2, -0.15) is 0 Å². The van der Waals surface area contributed by atoms with Crippen LogP contribution in [0.2, 0.25) is 0 Å². The van der Waals surface area contributed by atoms with Crippen molar-refractivity contribution >= 4 is 6.29 Å². The first kappa shape index (κ1) is 14.0. The van der Waals surface area contributed by atoms with Crippen molar-refractivity contribution in [3.05, 3.63) is 0 Å². The topological polar surface area (TPSA) is 35.5 Å². The third-order valence-electron chi connectivity index (χ3n) is 4.28. The van der Waals surface area contributed by atoms with Crippen LogP contribution in [0.4, 0.5) is 0 Å². The molecule has 2 aliphatic rings. The molecule has 18 heavy (non-hydrogen) atoms. The lowest BCUT2D eigenvalue weighted by molar-refractivity contribution is -0.110. The van der Waals surface area contributed by atoms with Gasteiger partial charge in [-0.15, -0.1) is 0 Å². The Kier molecular flexibility index (Phi) is 5.64. The lowest BCUT2D eigenvalue weighted by Gasteiger charge is -2.26. The van der Waals surface area contributed by atoms with Crippen LogP contribution in [0.3, 0.4) is 0 Å². The lowest BCUT2D eigenvalue weighted by atomic mass is 9.84. The molecule has 0 spiro atoms. The predicted molar refractivity (Wildman–Crippen MR) is 70.6 cm³/mol. The van der Waals surface area contributed by atoms with Crippen molar-refractivity contribution < 1.29 is 14.3 Å². The van der Waals surface area contributed by atoms with E-state index in [0.29, 0.717) is 12.3 Å². The fourth-order valence-electron chi connectivity index (χ4n) is 3.29. The highest BCUT2D eigenvalue weighted by atomic mass is 16.6. The first-order chi connectivity index (χ1) is 8.86. The summed E-state index contributed by atoms with van der Waals surface area (Å²) in [6.07, 6.45) is 10.9. The molecule has 2 aliphatic heterocycles. The van der Waals surface area contributed by atoms with Crippen molar-refractivity contribution in [1.29, 1.82) is 0 Å². The molecule has 0 amide bonds. The van der Waals surface area contributed by atoms with Crippen LogP contribution in [-0.2, 0) is 14.3 Å². The summed E-state index contributed by atoms with van der Waals surface area (Å²) in [6, 6.07) is 0. The van der Waals surface area contributed by atoms with Crippen LogP contribution in [0, 0.1) is 5.92 Å². The second-order valence-corrected chi connectivity index (χ2v) is 5.61. The molecule has 2 rings (SSSR count). The number of carbonyl (C=O) groups is 1. The molecule has 0 saturated carbocycles. The third kappa shape index (κ3) is 3.33. The Balaban J connectivity index is 1.66. The van der Waals surface area contributed by atoms with Crippen molar-refractivity contribution in [1.82, 2.24) is 0 Å². The van der Waals surface area contributed by atoms with Gasteiger partial charge >= 0.3 is 0 Å². The number of aldehydes is 1. The van der Waals surface area contributed by atoms with Crippen LogP contribution in [0.1, 0.15) is 58.3 Å². The maximum Gasteiger partial charge on any atom is 0.120 e. The van der Waals surface area contributed by atoms with Crippen molar-refractivity contribution in [2.45, 2.75) is 76.6 Å². The number of hydrogen-bond acceptors (Lipinski definition) is 3. The van der Waals surface area contributed by atoms with Gasteiger partial charge in [0, 0.05) is 18.9 Å². The van der Waals surface area contributed by atoms with Crippen LogP contribution in [-0.4, -0.2) is 31.2 Å². The molecule has 104 valence electrons. The molecule has 0 unspecified atom stereocenters. The molecular formula is C15H26O3. The van der Waals surface area contributed by atoms with E-state index in [1.54, 1.807) is 0 Å². The molecule has 3 heteroatoms. The largest absolute Gasteiger partial charge is 0.375 e. The summed E-state index contributed by atoms with van der Waals surface area (Å²) in [7, 11) is 0. The highest BCUT2D eigenvalue weighted by Gasteiger charge is 2.49. The number of rotatable bonds is 9. The maximum atomic E-state index is 10.7. The second-order valence-electron chi connectivity index (χ2n) is 5.61. The summed E-state index contributed by atoms with van der Waals surface area (Å²) in [4.78, 5) is 10.7. The van der Waals surface area contributed by atoms with Crippen LogP contribution in [0.5, 0.6) is 0 Å². The Morgan fingerprint density at radius 1 is 1.17 bits per heavy atom. The molecule has 2 bridgehead atoms. The molecule has 3 nitrogen and oxygen atoms in total. The molecule has 2 heterocycles. The van der Waals surface area contributed by atoms with Crippen molar-refractivity contribution in [3.8, 4) is 0 Å². The van der Waals surface area contributed by atoms with Crippen molar-refractivity contribution in [3.63, 3.8) is 0 Å². The minimum absolute atomic E-state index is 0.181. The maximum absolute atomic E-state index is 10.7. The van der Waals surface area contributed by atoms with E-state index >= 15 is 0 Å². The van der Waals surface area contributed by atoms with Gasteiger partial charge in [-0.05, 0) is 19.3 Å². The van der Waals surface area contributed by atoms with Gasteiger partial charge < -0.3 is 14.3 Å². The fourth-order valence-corrected chi connectivity index (χ4v) is 3.29. The Hall–Kier alpha value is -0.410. The average Bonchev–Trinajstić information content (AvgIpc) is 2.96. The summed E-state index contributed by atoms with van der Waals surface area (Å²) >= 11 is 0. The van der Waals surface area contributed by atoms with E-state index in [4.69, 9.17) is 9.47 Å². The van der Waals surface area contributed by atoms with Gasteiger partial charge in [0.05, 0.1) is 18.3 Å². The van der Waals surface area contributed by atoms with E-state index in [1.807, 2.05) is 0 Å². The molecule has 0 aliphatic carbocycles. The fraction of sp³-hybridized carbons (Fsp3) is 0.933. The van der Waals surface area contributed by atoms with Gasteiger partial charge in [0.1, 0.15) is 6.29 Å². The standard InChI is InChI=1S/C15H26O3/c1-2-3-4-5-6-11-17-15-12(9-10-16)13-7-8-14(15)18-13/h10,12-15H,2-9,11H2,1H3/t12-,13+,14-,15+/m0/s1. The minimum atomic E-state index is 0.181. The highest BCUT2D eigenvalue weighted by molar-refractivity contribution is 5.50. The van der Waals surface area contributed by atoms with E-state index in [9.17, 15) is 4.79 Å². The third-order valence-corrected chi connectivity index (χ3v) is 4.28. The van der Waals surface area contributed by atoms with Gasteiger partial charge in [-0.25, -0.2) is 0 Å². The number of unbranched alkanes of at least 4 members (excludes halogenated alkanes) is 4. The van der Waals surface area contributed by atoms with Gasteiger partial charge in [-0.1, -0.05) is 32.6 Å². The molecule has 2 fully saturated rings. The Bertz CT molecular complexity index is 254. The number of hydrogen-bond donors (Lipinski definition) is 0. The summed E-state index contributed by atoms with van der Waals surface area (Å²) in [6.45, 7) is 3.06. The average molecular weight is 254 g/mol. The second kappa shape index (κ2) is 7.25. The van der Waals surface area contributed by atoms with E-state index in [0.717, 1.165) is 32.2 Å². The molecule has 0 aromatic heterocycles. The summed E-state index contributed by atoms with van der Waals surface area (Å²) in [5, 5.41) is 0. The van der Waals surface area contributed by atoms with Crippen molar-refractivity contribution in [2.75, 3.05) is 6.61 Å². The summed E-state index contributed by atoms with van der Waals surface area (Å²) in [5.41, 5.74) is 0. The van der Waals surface area contributed by atoms with E-state index in [1.165, 1.54) is 25.7 Å². The monoisotopic (exact) mass is 254 g/mol. The zero-order chi connectivity index (χ0) is 12.8. The zero-order valence-corrected chi connectivity index (χ0v) is 11.5. The van der Waals surface area contributed by atoms with Gasteiger partial charge in [0.25, 0.3) is 0 Å². The van der Waals surface area contributed by atoms with E-state index in [-0.39, 0.29) is 18.3 Å². The van der Waals surface area contributed by atoms with Crippen molar-refractivity contribution in [2.24, 2.45) is 5.92 Å². The molecule has 0 N–H and O–H groups in total. The first-order valence-corrected chi connectivity index (χ1v) is 7.57. The molecule has 4 atom stereocenters. The minimum Gasteiger partial charge on any atom is -0.375 e. The Morgan fingerprint density at radius 3 is 2.72 bits per heavy atom. The molecule has 0 aromatic carbocycles. The number of ether oxygens (including phenoxy) is 2. The van der Waals surface area contributed by atoms with Gasteiger partial charge in [-0.3, -0.25) is 0 Å². The quantitative estimate of drug-likeness (QED) is 0.468. The predicted octanol–water partition coefficient (Wildman–Crippen LogP) is 3.11.